The number of rotatable bonds is 3. The number of ether oxygens (including phenoxy) is 1. The average molecular weight is 298 g/mol. The van der Waals surface area contributed by atoms with Gasteiger partial charge in [0.2, 0.25) is 5.95 Å². The zero-order chi connectivity index (χ0) is 15.4. The summed E-state index contributed by atoms with van der Waals surface area (Å²) in [7, 11) is 1.27. The van der Waals surface area contributed by atoms with Gasteiger partial charge in [-0.1, -0.05) is 0 Å². The van der Waals surface area contributed by atoms with Gasteiger partial charge in [-0.25, -0.2) is 9.37 Å². The van der Waals surface area contributed by atoms with Crippen molar-refractivity contribution >= 4 is 11.9 Å². The second-order valence-electron chi connectivity index (χ2n) is 4.89. The van der Waals surface area contributed by atoms with Crippen LogP contribution in [0.25, 0.3) is 0 Å². The summed E-state index contributed by atoms with van der Waals surface area (Å²) in [6, 6.07) is 0.791. The maximum Gasteiger partial charge on any atom is 0.307 e. The first-order valence-corrected chi connectivity index (χ1v) is 6.72. The predicted octanol–water partition coefficient (Wildman–Crippen LogP) is 1.92. The van der Waals surface area contributed by atoms with E-state index >= 15 is 0 Å². The lowest BCUT2D eigenvalue weighted by atomic mass is 9.98. The van der Waals surface area contributed by atoms with Crippen molar-refractivity contribution in [2.24, 2.45) is 0 Å². The van der Waals surface area contributed by atoms with Crippen molar-refractivity contribution in [2.75, 3.05) is 13.7 Å². The fourth-order valence-electron chi connectivity index (χ4n) is 2.49. The Bertz CT molecular complexity index is 551. The number of esters is 1. The quantitative estimate of drug-likeness (QED) is 0.632. The Labute approximate surface area is 120 Å². The zero-order valence-corrected chi connectivity index (χ0v) is 11.6. The fraction of sp³-hybridized carbons (Fsp3) is 0.500. The third-order valence-electron chi connectivity index (χ3n) is 3.60. The molecule has 1 aliphatic heterocycles. The number of carbonyl (C=O) groups is 2. The molecule has 0 aromatic carbocycles. The summed E-state index contributed by atoms with van der Waals surface area (Å²) in [6.07, 6.45) is 3.37. The molecule has 2 heterocycles. The summed E-state index contributed by atoms with van der Waals surface area (Å²) >= 11 is 0. The summed E-state index contributed by atoms with van der Waals surface area (Å²) in [4.78, 5) is 28.4. The maximum absolute atomic E-state index is 13.7. The molecule has 21 heavy (non-hydrogen) atoms. The zero-order valence-electron chi connectivity index (χ0n) is 11.6. The van der Waals surface area contributed by atoms with E-state index in [2.05, 4.69) is 9.72 Å². The Morgan fingerprint density at radius 2 is 2.19 bits per heavy atom. The second kappa shape index (κ2) is 6.60. The molecule has 1 aromatic rings. The topological polar surface area (TPSA) is 59.5 Å². The van der Waals surface area contributed by atoms with E-state index in [1.165, 1.54) is 12.0 Å². The van der Waals surface area contributed by atoms with Crippen molar-refractivity contribution < 1.29 is 23.1 Å². The number of carbonyl (C=O) groups excluding carboxylic acids is 2. The van der Waals surface area contributed by atoms with E-state index < -0.39 is 23.6 Å². The Balaban J connectivity index is 2.22. The normalized spacial score (nSPS) is 18.4. The van der Waals surface area contributed by atoms with Crippen molar-refractivity contribution in [2.45, 2.75) is 31.7 Å². The van der Waals surface area contributed by atoms with Crippen molar-refractivity contribution in [3.05, 3.63) is 29.6 Å². The van der Waals surface area contributed by atoms with E-state index in [1.54, 1.807) is 0 Å². The molecule has 1 saturated heterocycles. The molecule has 1 aliphatic rings. The molecule has 1 unspecified atom stereocenters. The van der Waals surface area contributed by atoms with E-state index in [9.17, 15) is 18.4 Å². The molecule has 1 aromatic heterocycles. The minimum atomic E-state index is -1.30. The van der Waals surface area contributed by atoms with Crippen LogP contribution in [0.2, 0.25) is 0 Å². The standard InChI is InChI=1S/C14H16F2N2O3/c1-21-11(19)8-9-4-2-3-7-18(9)14(20)10-5-6-17-13(16)12(10)15/h5-6,9H,2-4,7-8H2,1H3. The molecule has 7 heteroatoms. The summed E-state index contributed by atoms with van der Waals surface area (Å²) in [5, 5.41) is 0. The maximum atomic E-state index is 13.7. The van der Waals surface area contributed by atoms with Gasteiger partial charge in [0, 0.05) is 18.8 Å². The van der Waals surface area contributed by atoms with Gasteiger partial charge in [-0.05, 0) is 25.3 Å². The van der Waals surface area contributed by atoms with Gasteiger partial charge < -0.3 is 9.64 Å². The van der Waals surface area contributed by atoms with E-state index in [1.807, 2.05) is 0 Å². The van der Waals surface area contributed by atoms with E-state index in [4.69, 9.17) is 0 Å². The highest BCUT2D eigenvalue weighted by Gasteiger charge is 2.31. The molecule has 114 valence electrons. The van der Waals surface area contributed by atoms with Gasteiger partial charge in [-0.15, -0.1) is 0 Å². The second-order valence-corrected chi connectivity index (χ2v) is 4.89. The van der Waals surface area contributed by atoms with E-state index in [-0.39, 0.29) is 18.0 Å². The molecule has 0 saturated carbocycles. The first kappa shape index (κ1) is 15.3. The lowest BCUT2D eigenvalue weighted by Gasteiger charge is -2.35. The molecule has 1 fully saturated rings. The molecule has 2 rings (SSSR count). The van der Waals surface area contributed by atoms with Gasteiger partial charge in [0.15, 0.2) is 5.82 Å². The van der Waals surface area contributed by atoms with Crippen molar-refractivity contribution in [1.29, 1.82) is 0 Å². The summed E-state index contributed by atoms with van der Waals surface area (Å²) in [5.74, 6) is -3.62. The van der Waals surface area contributed by atoms with Gasteiger partial charge in [0.05, 0.1) is 19.1 Å². The van der Waals surface area contributed by atoms with Crippen LogP contribution >= 0.6 is 0 Å². The van der Waals surface area contributed by atoms with Crippen LogP contribution in [0, 0.1) is 11.8 Å². The first-order valence-electron chi connectivity index (χ1n) is 6.72. The summed E-state index contributed by atoms with van der Waals surface area (Å²) in [5.41, 5.74) is -0.362. The van der Waals surface area contributed by atoms with Gasteiger partial charge in [-0.3, -0.25) is 9.59 Å². The number of pyridine rings is 1. The monoisotopic (exact) mass is 298 g/mol. The Morgan fingerprint density at radius 1 is 1.43 bits per heavy atom. The lowest BCUT2D eigenvalue weighted by Crippen LogP contribution is -2.45. The highest BCUT2D eigenvalue weighted by molar-refractivity contribution is 5.95. The Kier molecular flexibility index (Phi) is 4.82. The average Bonchev–Trinajstić information content (AvgIpc) is 2.50. The number of amides is 1. The van der Waals surface area contributed by atoms with Crippen LogP contribution in [-0.2, 0) is 9.53 Å². The summed E-state index contributed by atoms with van der Waals surface area (Å²) in [6.45, 7) is 0.407. The van der Waals surface area contributed by atoms with Crippen LogP contribution in [0.1, 0.15) is 36.0 Å². The fourth-order valence-corrected chi connectivity index (χ4v) is 2.49. The van der Waals surface area contributed by atoms with E-state index in [0.29, 0.717) is 13.0 Å². The van der Waals surface area contributed by atoms with Crippen LogP contribution in [0.3, 0.4) is 0 Å². The molecule has 0 N–H and O–H groups in total. The number of nitrogens with zero attached hydrogens (tertiary/aromatic N) is 2. The van der Waals surface area contributed by atoms with Gasteiger partial charge >= 0.3 is 5.97 Å². The van der Waals surface area contributed by atoms with Crippen LogP contribution in [0.4, 0.5) is 8.78 Å². The van der Waals surface area contributed by atoms with Gasteiger partial charge in [0.1, 0.15) is 0 Å². The third kappa shape index (κ3) is 3.34. The SMILES string of the molecule is COC(=O)CC1CCCCN1C(=O)c1ccnc(F)c1F. The molecule has 1 atom stereocenters. The molecule has 5 nitrogen and oxygen atoms in total. The number of aromatic nitrogens is 1. The number of methoxy groups -OCH3 is 1. The Hall–Kier alpha value is -2.05. The minimum absolute atomic E-state index is 0.0530. The van der Waals surface area contributed by atoms with Crippen molar-refractivity contribution in [3.8, 4) is 0 Å². The number of hydrogen-bond donors (Lipinski definition) is 0. The molecule has 0 bridgehead atoms. The van der Waals surface area contributed by atoms with Gasteiger partial charge in [-0.2, -0.15) is 4.39 Å². The smallest absolute Gasteiger partial charge is 0.307 e. The summed E-state index contributed by atoms with van der Waals surface area (Å²) < 4.78 is 31.4. The lowest BCUT2D eigenvalue weighted by molar-refractivity contribution is -0.142. The number of likely N-dealkylation sites (tertiary alicyclic amines) is 1. The number of halogens is 2. The number of piperidine rings is 1. The van der Waals surface area contributed by atoms with Crippen LogP contribution in [-0.4, -0.2) is 41.5 Å². The largest absolute Gasteiger partial charge is 0.469 e. The van der Waals surface area contributed by atoms with Crippen LogP contribution in [0.5, 0.6) is 0 Å². The molecule has 1 amide bonds. The van der Waals surface area contributed by atoms with Crippen LogP contribution < -0.4 is 0 Å². The van der Waals surface area contributed by atoms with Gasteiger partial charge in [0.25, 0.3) is 5.91 Å². The molecule has 0 spiro atoms. The highest BCUT2D eigenvalue weighted by Crippen LogP contribution is 2.23. The molecule has 0 radical (unpaired) electrons. The highest BCUT2D eigenvalue weighted by atomic mass is 19.2. The molecular formula is C14H16F2N2O3. The van der Waals surface area contributed by atoms with Crippen molar-refractivity contribution in [1.82, 2.24) is 9.88 Å². The molecular weight excluding hydrogens is 282 g/mol. The predicted molar refractivity (Wildman–Crippen MR) is 69.5 cm³/mol. The van der Waals surface area contributed by atoms with E-state index in [0.717, 1.165) is 25.1 Å². The minimum Gasteiger partial charge on any atom is -0.469 e. The van der Waals surface area contributed by atoms with Crippen molar-refractivity contribution in [3.63, 3.8) is 0 Å². The third-order valence-corrected chi connectivity index (χ3v) is 3.60. The van der Waals surface area contributed by atoms with Crippen LogP contribution in [0.15, 0.2) is 12.3 Å². The first-order chi connectivity index (χ1) is 10.0. The molecule has 0 aliphatic carbocycles. The number of hydrogen-bond acceptors (Lipinski definition) is 4. The Morgan fingerprint density at radius 3 is 2.90 bits per heavy atom.